The van der Waals surface area contributed by atoms with Gasteiger partial charge in [0.25, 0.3) is 0 Å². The Bertz CT molecular complexity index is 617. The van der Waals surface area contributed by atoms with Crippen LogP contribution in [0.4, 0.5) is 8.78 Å². The van der Waals surface area contributed by atoms with Gasteiger partial charge in [0.15, 0.2) is 11.6 Å². The Morgan fingerprint density at radius 2 is 1.95 bits per heavy atom. The van der Waals surface area contributed by atoms with Gasteiger partial charge in [0.1, 0.15) is 5.82 Å². The first-order valence-electron chi connectivity index (χ1n) is 6.13. The summed E-state index contributed by atoms with van der Waals surface area (Å²) in [6, 6.07) is 8.81. The number of nitrogens with two attached hydrogens (primary N) is 1. The largest absolute Gasteiger partial charge is 0.494 e. The zero-order valence-corrected chi connectivity index (χ0v) is 11.3. The second-order valence-electron chi connectivity index (χ2n) is 4.47. The zero-order valence-electron chi connectivity index (χ0n) is 11.3. The fraction of sp³-hybridized carbons (Fsp3) is 0.200. The first-order chi connectivity index (χ1) is 9.58. The Morgan fingerprint density at radius 1 is 1.20 bits per heavy atom. The van der Waals surface area contributed by atoms with Crippen LogP contribution in [-0.4, -0.2) is 7.11 Å². The van der Waals surface area contributed by atoms with Crippen LogP contribution < -0.4 is 16.0 Å². The van der Waals surface area contributed by atoms with Gasteiger partial charge in [-0.05, 0) is 30.2 Å². The minimum Gasteiger partial charge on any atom is -0.494 e. The first kappa shape index (κ1) is 14.4. The summed E-state index contributed by atoms with van der Waals surface area (Å²) in [7, 11) is 1.39. The number of hydrogen-bond donors (Lipinski definition) is 2. The molecule has 2 rings (SSSR count). The van der Waals surface area contributed by atoms with Crippen LogP contribution >= 0.6 is 0 Å². The lowest BCUT2D eigenvalue weighted by atomic mass is 9.97. The van der Waals surface area contributed by atoms with Crippen LogP contribution in [0.25, 0.3) is 0 Å². The number of nitrogens with one attached hydrogen (secondary N) is 1. The quantitative estimate of drug-likeness (QED) is 0.668. The molecule has 2 aromatic rings. The van der Waals surface area contributed by atoms with Crippen molar-refractivity contribution in [1.29, 1.82) is 0 Å². The summed E-state index contributed by atoms with van der Waals surface area (Å²) in [6.07, 6.45) is 0. The molecule has 106 valence electrons. The van der Waals surface area contributed by atoms with E-state index >= 15 is 0 Å². The van der Waals surface area contributed by atoms with Crippen LogP contribution in [0.3, 0.4) is 0 Å². The summed E-state index contributed by atoms with van der Waals surface area (Å²) in [5.74, 6) is 4.77. The number of aryl methyl sites for hydroxylation is 1. The minimum absolute atomic E-state index is 0.134. The van der Waals surface area contributed by atoms with Crippen molar-refractivity contribution in [2.75, 3.05) is 7.11 Å². The number of halogens is 2. The highest BCUT2D eigenvalue weighted by atomic mass is 19.1. The Balaban J connectivity index is 2.47. The van der Waals surface area contributed by atoms with Gasteiger partial charge in [-0.15, -0.1) is 0 Å². The Kier molecular flexibility index (Phi) is 4.32. The van der Waals surface area contributed by atoms with Gasteiger partial charge in [0.2, 0.25) is 0 Å². The van der Waals surface area contributed by atoms with E-state index in [2.05, 4.69) is 5.43 Å². The molecule has 0 spiro atoms. The van der Waals surface area contributed by atoms with Crippen LogP contribution in [0.1, 0.15) is 22.7 Å². The molecule has 3 N–H and O–H groups in total. The van der Waals surface area contributed by atoms with Gasteiger partial charge in [-0.1, -0.05) is 24.3 Å². The molecule has 2 aromatic carbocycles. The highest BCUT2D eigenvalue weighted by molar-refractivity contribution is 5.38. The molecule has 0 aliphatic heterocycles. The summed E-state index contributed by atoms with van der Waals surface area (Å²) in [5.41, 5.74) is 3.93. The number of benzene rings is 2. The summed E-state index contributed by atoms with van der Waals surface area (Å²) in [5, 5.41) is 0. The molecule has 0 fully saturated rings. The lowest BCUT2D eigenvalue weighted by Gasteiger charge is -2.19. The van der Waals surface area contributed by atoms with Crippen molar-refractivity contribution < 1.29 is 13.5 Å². The minimum atomic E-state index is -0.629. The fourth-order valence-corrected chi connectivity index (χ4v) is 2.12. The Hall–Kier alpha value is -1.98. The highest BCUT2D eigenvalue weighted by Gasteiger charge is 2.19. The molecule has 0 aliphatic carbocycles. The third-order valence-corrected chi connectivity index (χ3v) is 3.21. The van der Waals surface area contributed by atoms with E-state index in [0.29, 0.717) is 16.7 Å². The summed E-state index contributed by atoms with van der Waals surface area (Å²) in [4.78, 5) is 0. The number of hydrogen-bond acceptors (Lipinski definition) is 3. The molecule has 3 nitrogen and oxygen atoms in total. The molecular formula is C15H16F2N2O. The molecule has 0 aromatic heterocycles. The average Bonchev–Trinajstić information content (AvgIpc) is 2.44. The van der Waals surface area contributed by atoms with E-state index in [4.69, 9.17) is 10.6 Å². The number of methoxy groups -OCH3 is 1. The zero-order chi connectivity index (χ0) is 14.7. The highest BCUT2D eigenvalue weighted by Crippen LogP contribution is 2.28. The molecular weight excluding hydrogens is 262 g/mol. The van der Waals surface area contributed by atoms with Crippen LogP contribution in [0, 0.1) is 18.6 Å². The van der Waals surface area contributed by atoms with Gasteiger partial charge >= 0.3 is 0 Å². The standard InChI is InChI=1S/C15H16F2N2O/c1-9-4-3-5-11(14(9)17)15(19-18)10-6-7-13(20-2)12(16)8-10/h3-8,15,19H,18H2,1-2H3. The first-order valence-corrected chi connectivity index (χ1v) is 6.13. The maximum atomic E-state index is 14.2. The molecule has 1 unspecified atom stereocenters. The molecule has 1 atom stereocenters. The smallest absolute Gasteiger partial charge is 0.165 e. The second kappa shape index (κ2) is 5.98. The average molecular weight is 278 g/mol. The van der Waals surface area contributed by atoms with Crippen molar-refractivity contribution in [1.82, 2.24) is 5.43 Å². The van der Waals surface area contributed by atoms with Crippen molar-refractivity contribution in [3.05, 3.63) is 64.7 Å². The SMILES string of the molecule is COc1ccc(C(NN)c2cccc(C)c2F)cc1F. The molecule has 0 aliphatic rings. The van der Waals surface area contributed by atoms with Gasteiger partial charge in [0, 0.05) is 5.56 Å². The Morgan fingerprint density at radius 3 is 2.55 bits per heavy atom. The molecule has 0 bridgehead atoms. The van der Waals surface area contributed by atoms with Gasteiger partial charge in [-0.3, -0.25) is 5.84 Å². The molecule has 0 heterocycles. The van der Waals surface area contributed by atoms with E-state index in [-0.39, 0.29) is 11.6 Å². The predicted molar refractivity (Wildman–Crippen MR) is 73.3 cm³/mol. The fourth-order valence-electron chi connectivity index (χ4n) is 2.12. The van der Waals surface area contributed by atoms with E-state index in [9.17, 15) is 8.78 Å². The topological polar surface area (TPSA) is 47.3 Å². The van der Waals surface area contributed by atoms with E-state index < -0.39 is 11.9 Å². The van der Waals surface area contributed by atoms with Gasteiger partial charge in [-0.2, -0.15) is 0 Å². The Labute approximate surface area is 116 Å². The van der Waals surface area contributed by atoms with E-state index in [1.807, 2.05) is 0 Å². The molecule has 0 amide bonds. The van der Waals surface area contributed by atoms with Crippen molar-refractivity contribution in [3.8, 4) is 5.75 Å². The summed E-state index contributed by atoms with van der Waals surface area (Å²) in [6.45, 7) is 1.67. The van der Waals surface area contributed by atoms with Crippen LogP contribution in [0.5, 0.6) is 5.75 Å². The number of ether oxygens (including phenoxy) is 1. The van der Waals surface area contributed by atoms with Crippen LogP contribution in [0.15, 0.2) is 36.4 Å². The van der Waals surface area contributed by atoms with E-state index in [0.717, 1.165) is 0 Å². The molecule has 0 saturated heterocycles. The van der Waals surface area contributed by atoms with Crippen molar-refractivity contribution in [2.24, 2.45) is 5.84 Å². The van der Waals surface area contributed by atoms with Crippen LogP contribution in [0.2, 0.25) is 0 Å². The number of rotatable bonds is 4. The van der Waals surface area contributed by atoms with E-state index in [1.54, 1.807) is 31.2 Å². The van der Waals surface area contributed by atoms with Crippen molar-refractivity contribution >= 4 is 0 Å². The maximum absolute atomic E-state index is 14.2. The third kappa shape index (κ3) is 2.64. The summed E-state index contributed by atoms with van der Waals surface area (Å²) >= 11 is 0. The van der Waals surface area contributed by atoms with Crippen molar-refractivity contribution in [2.45, 2.75) is 13.0 Å². The van der Waals surface area contributed by atoms with Gasteiger partial charge < -0.3 is 4.74 Å². The normalized spacial score (nSPS) is 12.2. The molecule has 5 heteroatoms. The molecule has 0 radical (unpaired) electrons. The lowest BCUT2D eigenvalue weighted by molar-refractivity contribution is 0.385. The van der Waals surface area contributed by atoms with E-state index in [1.165, 1.54) is 19.2 Å². The third-order valence-electron chi connectivity index (χ3n) is 3.21. The van der Waals surface area contributed by atoms with Crippen LogP contribution in [-0.2, 0) is 0 Å². The number of hydrazine groups is 1. The molecule has 0 saturated carbocycles. The van der Waals surface area contributed by atoms with Gasteiger partial charge in [-0.25, -0.2) is 14.2 Å². The monoisotopic (exact) mass is 278 g/mol. The second-order valence-corrected chi connectivity index (χ2v) is 4.47. The summed E-state index contributed by atoms with van der Waals surface area (Å²) < 4.78 is 32.8. The van der Waals surface area contributed by atoms with Crippen molar-refractivity contribution in [3.63, 3.8) is 0 Å². The van der Waals surface area contributed by atoms with Gasteiger partial charge in [0.05, 0.1) is 13.2 Å². The lowest BCUT2D eigenvalue weighted by Crippen LogP contribution is -2.29. The predicted octanol–water partition coefficient (Wildman–Crippen LogP) is 2.83. The molecule has 20 heavy (non-hydrogen) atoms. The maximum Gasteiger partial charge on any atom is 0.165 e.